The Balaban J connectivity index is 1.77. The molecule has 0 bridgehead atoms. The van der Waals surface area contributed by atoms with E-state index in [4.69, 9.17) is 14.3 Å². The van der Waals surface area contributed by atoms with Gasteiger partial charge in [0.1, 0.15) is 5.69 Å². The Labute approximate surface area is 183 Å². The van der Waals surface area contributed by atoms with Gasteiger partial charge in [-0.3, -0.25) is 19.0 Å². The van der Waals surface area contributed by atoms with Crippen LogP contribution < -0.4 is 0 Å². The van der Waals surface area contributed by atoms with Crippen molar-refractivity contribution in [3.8, 4) is 11.4 Å². The first-order valence-electron chi connectivity index (χ1n) is 10.6. The number of carbonyl (C=O) groups excluding carboxylic acids is 1. The first-order chi connectivity index (χ1) is 14.7. The number of hydrogen-bond acceptors (Lipinski definition) is 7. The van der Waals surface area contributed by atoms with E-state index in [-0.39, 0.29) is 12.4 Å². The van der Waals surface area contributed by atoms with Crippen LogP contribution >= 0.6 is 0 Å². The molecule has 2 aromatic rings. The Bertz CT molecular complexity index is 1030. The summed E-state index contributed by atoms with van der Waals surface area (Å²) in [5.41, 5.74) is 3.80. The van der Waals surface area contributed by atoms with E-state index >= 15 is 0 Å². The molecule has 1 saturated carbocycles. The second-order valence-electron chi connectivity index (χ2n) is 8.15. The predicted octanol–water partition coefficient (Wildman–Crippen LogP) is 2.84. The lowest BCUT2D eigenvalue weighted by atomic mass is 9.76. The zero-order chi connectivity index (χ0) is 22.6. The minimum atomic E-state index is -4.09. The van der Waals surface area contributed by atoms with Crippen LogP contribution in [-0.4, -0.2) is 51.3 Å². The summed E-state index contributed by atoms with van der Waals surface area (Å²) >= 11 is 0. The van der Waals surface area contributed by atoms with Crippen molar-refractivity contribution in [1.29, 1.82) is 0 Å². The van der Waals surface area contributed by atoms with Gasteiger partial charge in [-0.1, -0.05) is 17.7 Å². The summed E-state index contributed by atoms with van der Waals surface area (Å²) in [5.74, 6) is 0.139. The topological polar surface area (TPSA) is 124 Å². The second kappa shape index (κ2) is 9.86. The van der Waals surface area contributed by atoms with Crippen LogP contribution in [0.25, 0.3) is 11.4 Å². The summed E-state index contributed by atoms with van der Waals surface area (Å²) in [6.07, 6.45) is 4.66. The Hall–Kier alpha value is -2.33. The number of nitrogens with zero attached hydrogens (tertiary/aromatic N) is 4. The van der Waals surface area contributed by atoms with E-state index in [0.717, 1.165) is 31.4 Å². The summed E-state index contributed by atoms with van der Waals surface area (Å²) in [5, 5.41) is 8.15. The van der Waals surface area contributed by atoms with Gasteiger partial charge in [0.05, 0.1) is 23.7 Å². The lowest BCUT2D eigenvalue weighted by Crippen LogP contribution is -2.19. The molecule has 31 heavy (non-hydrogen) atoms. The predicted molar refractivity (Wildman–Crippen MR) is 115 cm³/mol. The third-order valence-electron chi connectivity index (χ3n) is 5.89. The second-order valence-corrected chi connectivity index (χ2v) is 9.73. The molecule has 9 nitrogen and oxygen atoms in total. The number of ether oxygens (including phenoxy) is 1. The van der Waals surface area contributed by atoms with Crippen LogP contribution in [0.2, 0.25) is 0 Å². The monoisotopic (exact) mass is 450 g/mol. The van der Waals surface area contributed by atoms with Crippen molar-refractivity contribution in [3.63, 3.8) is 0 Å². The van der Waals surface area contributed by atoms with Gasteiger partial charge in [-0.2, -0.15) is 8.42 Å². The molecule has 2 aromatic heterocycles. The van der Waals surface area contributed by atoms with Crippen LogP contribution in [0, 0.1) is 12.8 Å². The molecule has 2 heterocycles. The molecule has 10 heteroatoms. The molecule has 1 aliphatic carbocycles. The maximum Gasteiger partial charge on any atom is 0.306 e. The fraction of sp³-hybridized carbons (Fsp3) is 0.619. The van der Waals surface area contributed by atoms with Crippen molar-refractivity contribution in [2.75, 3.05) is 12.4 Å². The third-order valence-corrected chi connectivity index (χ3v) is 6.61. The number of rotatable bonds is 8. The number of esters is 1. The fourth-order valence-electron chi connectivity index (χ4n) is 4.43. The summed E-state index contributed by atoms with van der Waals surface area (Å²) in [4.78, 5) is 16.6. The lowest BCUT2D eigenvalue weighted by Gasteiger charge is -2.29. The largest absolute Gasteiger partial charge is 0.466 e. The first kappa shape index (κ1) is 23.3. The van der Waals surface area contributed by atoms with E-state index in [9.17, 15) is 13.2 Å². The van der Waals surface area contributed by atoms with E-state index in [1.165, 1.54) is 10.2 Å². The van der Waals surface area contributed by atoms with E-state index in [2.05, 4.69) is 16.4 Å². The van der Waals surface area contributed by atoms with Gasteiger partial charge >= 0.3 is 5.97 Å². The molecule has 0 aliphatic heterocycles. The molecular formula is C21H30N4O5S. The van der Waals surface area contributed by atoms with Gasteiger partial charge in [0.25, 0.3) is 10.1 Å². The summed E-state index contributed by atoms with van der Waals surface area (Å²) in [6, 6.07) is 3.94. The Morgan fingerprint density at radius 1 is 1.32 bits per heavy atom. The Kier molecular flexibility index (Phi) is 7.42. The highest BCUT2D eigenvalue weighted by molar-refractivity contribution is 7.85. The van der Waals surface area contributed by atoms with E-state index < -0.39 is 15.9 Å². The van der Waals surface area contributed by atoms with Gasteiger partial charge in [0.15, 0.2) is 0 Å². The first-order valence-corrected chi connectivity index (χ1v) is 12.3. The van der Waals surface area contributed by atoms with Crippen LogP contribution in [0.3, 0.4) is 0 Å². The minimum Gasteiger partial charge on any atom is -0.466 e. The highest BCUT2D eigenvalue weighted by atomic mass is 32.2. The minimum absolute atomic E-state index is 0.0955. The number of carbonyl (C=O) groups is 1. The summed E-state index contributed by atoms with van der Waals surface area (Å²) in [7, 11) is -2.40. The zero-order valence-corrected chi connectivity index (χ0v) is 19.1. The van der Waals surface area contributed by atoms with E-state index in [1.807, 2.05) is 19.9 Å². The van der Waals surface area contributed by atoms with Gasteiger partial charge in [-0.15, -0.1) is 5.10 Å². The van der Waals surface area contributed by atoms with Gasteiger partial charge in [0, 0.05) is 25.6 Å². The van der Waals surface area contributed by atoms with Crippen LogP contribution in [0.15, 0.2) is 12.1 Å². The van der Waals surface area contributed by atoms with Gasteiger partial charge in [0.2, 0.25) is 0 Å². The molecule has 0 aromatic carbocycles. The van der Waals surface area contributed by atoms with Crippen molar-refractivity contribution < 1.29 is 22.5 Å². The molecular weight excluding hydrogens is 420 g/mol. The normalized spacial score (nSPS) is 19.4. The standard InChI is InChI=1S/C21H30N4O5S/c1-4-30-20(26)13-15-6-5-7-16(12-15)17-8-9-18(22-14(17)2)21-19(25(3)24-23-21)10-11-31(27,28)29/h8-9,15-16H,4-7,10-13H2,1-3H3,(H,27,28,29). The molecule has 3 rings (SSSR count). The van der Waals surface area contributed by atoms with E-state index in [0.29, 0.717) is 41.9 Å². The molecule has 1 N–H and O–H groups in total. The number of aromatic nitrogens is 4. The van der Waals surface area contributed by atoms with Crippen molar-refractivity contribution in [3.05, 3.63) is 29.1 Å². The number of pyridine rings is 1. The summed E-state index contributed by atoms with van der Waals surface area (Å²) in [6.45, 7) is 4.19. The van der Waals surface area contributed by atoms with Crippen LogP contribution in [0.1, 0.15) is 61.9 Å². The highest BCUT2D eigenvalue weighted by Gasteiger charge is 2.27. The van der Waals surface area contributed by atoms with Crippen LogP contribution in [0.5, 0.6) is 0 Å². The number of hydrogen-bond donors (Lipinski definition) is 1. The molecule has 0 amide bonds. The maximum absolute atomic E-state index is 11.9. The number of aryl methyl sites for hydroxylation is 2. The molecule has 2 atom stereocenters. The molecule has 0 radical (unpaired) electrons. The van der Waals surface area contributed by atoms with Crippen molar-refractivity contribution in [2.45, 2.75) is 58.3 Å². The van der Waals surface area contributed by atoms with E-state index in [1.54, 1.807) is 7.05 Å². The fourth-order valence-corrected chi connectivity index (χ4v) is 4.88. The van der Waals surface area contributed by atoms with Crippen LogP contribution in [-0.2, 0) is 33.1 Å². The highest BCUT2D eigenvalue weighted by Crippen LogP contribution is 2.39. The average Bonchev–Trinajstić information content (AvgIpc) is 3.06. The summed E-state index contributed by atoms with van der Waals surface area (Å²) < 4.78 is 38.0. The van der Waals surface area contributed by atoms with Crippen molar-refractivity contribution in [2.24, 2.45) is 13.0 Å². The molecule has 2 unspecified atom stereocenters. The van der Waals surface area contributed by atoms with Gasteiger partial charge < -0.3 is 4.74 Å². The van der Waals surface area contributed by atoms with Gasteiger partial charge in [-0.25, -0.2) is 0 Å². The molecule has 1 aliphatic rings. The van der Waals surface area contributed by atoms with Crippen molar-refractivity contribution in [1.82, 2.24) is 20.0 Å². The molecule has 0 spiro atoms. The SMILES string of the molecule is CCOC(=O)CC1CCCC(c2ccc(-c3nnn(C)c3CCS(=O)(=O)O)nc2C)C1. The molecule has 0 saturated heterocycles. The Morgan fingerprint density at radius 2 is 2.10 bits per heavy atom. The Morgan fingerprint density at radius 3 is 2.77 bits per heavy atom. The molecule has 170 valence electrons. The maximum atomic E-state index is 11.9. The van der Waals surface area contributed by atoms with Gasteiger partial charge in [-0.05, 0) is 56.6 Å². The van der Waals surface area contributed by atoms with Crippen molar-refractivity contribution >= 4 is 16.1 Å². The third kappa shape index (κ3) is 6.10. The smallest absolute Gasteiger partial charge is 0.306 e. The molecule has 1 fully saturated rings. The quantitative estimate of drug-likeness (QED) is 0.481. The average molecular weight is 451 g/mol. The van der Waals surface area contributed by atoms with Crippen LogP contribution in [0.4, 0.5) is 0 Å². The zero-order valence-electron chi connectivity index (χ0n) is 18.2. The lowest BCUT2D eigenvalue weighted by molar-refractivity contribution is -0.144.